The Morgan fingerprint density at radius 1 is 1.56 bits per heavy atom. The van der Waals surface area contributed by atoms with Gasteiger partial charge in [0.1, 0.15) is 0 Å². The molecule has 3 rings (SSSR count). The molecular weight excluding hydrogens is 228 g/mol. The van der Waals surface area contributed by atoms with Crippen molar-refractivity contribution in [1.82, 2.24) is 9.55 Å². The molecule has 1 heterocycles. The molecule has 0 radical (unpaired) electrons. The second kappa shape index (κ2) is 3.57. The summed E-state index contributed by atoms with van der Waals surface area (Å²) in [5.41, 5.74) is 2.51. The van der Waals surface area contributed by atoms with E-state index in [0.29, 0.717) is 16.9 Å². The van der Waals surface area contributed by atoms with Crippen LogP contribution < -0.4 is 0 Å². The minimum absolute atomic E-state index is 0.291. The van der Waals surface area contributed by atoms with Gasteiger partial charge >= 0.3 is 5.97 Å². The Morgan fingerprint density at radius 2 is 2.28 bits per heavy atom. The molecule has 1 aliphatic carbocycles. The number of carbonyl (C=O) groups is 1. The van der Waals surface area contributed by atoms with E-state index < -0.39 is 5.97 Å². The second-order valence-corrected chi connectivity index (χ2v) is 5.80. The van der Waals surface area contributed by atoms with Crippen LogP contribution in [0.1, 0.15) is 30.6 Å². The maximum Gasteiger partial charge on any atom is 0.335 e. The van der Waals surface area contributed by atoms with Crippen molar-refractivity contribution in [2.45, 2.75) is 26.8 Å². The molecule has 4 heteroatoms. The summed E-state index contributed by atoms with van der Waals surface area (Å²) in [6, 6.07) is 5.12. The highest BCUT2D eigenvalue weighted by Crippen LogP contribution is 2.52. The Bertz CT molecular complexity index is 628. The molecule has 1 unspecified atom stereocenters. The molecule has 94 valence electrons. The van der Waals surface area contributed by atoms with Gasteiger partial charge in [-0.05, 0) is 36.0 Å². The molecule has 0 saturated heterocycles. The normalized spacial score (nSPS) is 21.1. The summed E-state index contributed by atoms with van der Waals surface area (Å²) in [6.45, 7) is 5.52. The number of imidazole rings is 1. The van der Waals surface area contributed by atoms with Crippen molar-refractivity contribution in [3.05, 3.63) is 30.1 Å². The molecule has 1 N–H and O–H groups in total. The molecule has 4 nitrogen and oxygen atoms in total. The van der Waals surface area contributed by atoms with Crippen molar-refractivity contribution in [1.29, 1.82) is 0 Å². The summed E-state index contributed by atoms with van der Waals surface area (Å²) in [4.78, 5) is 15.2. The number of nitrogens with zero attached hydrogens (tertiary/aromatic N) is 2. The third-order valence-electron chi connectivity index (χ3n) is 4.00. The van der Waals surface area contributed by atoms with Crippen LogP contribution in [0.25, 0.3) is 11.0 Å². The van der Waals surface area contributed by atoms with Gasteiger partial charge in [0, 0.05) is 6.54 Å². The Morgan fingerprint density at radius 3 is 2.89 bits per heavy atom. The van der Waals surface area contributed by atoms with E-state index in [-0.39, 0.29) is 0 Å². The van der Waals surface area contributed by atoms with Gasteiger partial charge in [0.15, 0.2) is 0 Å². The van der Waals surface area contributed by atoms with E-state index in [1.807, 2.05) is 12.4 Å². The van der Waals surface area contributed by atoms with Crippen LogP contribution in [0.5, 0.6) is 0 Å². The fourth-order valence-corrected chi connectivity index (χ4v) is 2.47. The number of aromatic carboxylic acids is 1. The summed E-state index contributed by atoms with van der Waals surface area (Å²) in [6.07, 6.45) is 3.06. The van der Waals surface area contributed by atoms with Gasteiger partial charge < -0.3 is 9.67 Å². The zero-order valence-electron chi connectivity index (χ0n) is 10.6. The molecule has 18 heavy (non-hydrogen) atoms. The molecule has 1 saturated carbocycles. The predicted octanol–water partition coefficient (Wildman–Crippen LogP) is 2.78. The standard InChI is InChI=1S/C14H16N2O2/c1-14(2)6-10(14)7-16-8-15-11-5-9(13(17)18)3-4-12(11)16/h3-5,8,10H,6-7H2,1-2H3,(H,17,18). The maximum absolute atomic E-state index is 10.9. The molecule has 1 aromatic carbocycles. The highest BCUT2D eigenvalue weighted by atomic mass is 16.4. The molecule has 1 aliphatic rings. The van der Waals surface area contributed by atoms with E-state index in [1.54, 1.807) is 12.1 Å². The van der Waals surface area contributed by atoms with Gasteiger partial charge in [0.2, 0.25) is 0 Å². The van der Waals surface area contributed by atoms with Crippen LogP contribution in [0.2, 0.25) is 0 Å². The number of carboxylic acid groups (broad SMARTS) is 1. The molecule has 0 bridgehead atoms. The highest BCUT2D eigenvalue weighted by molar-refractivity contribution is 5.92. The first-order chi connectivity index (χ1) is 8.47. The summed E-state index contributed by atoms with van der Waals surface area (Å²) >= 11 is 0. The van der Waals surface area contributed by atoms with E-state index in [1.165, 1.54) is 6.42 Å². The molecule has 1 atom stereocenters. The first kappa shape index (κ1) is 11.3. The lowest BCUT2D eigenvalue weighted by Crippen LogP contribution is -2.02. The maximum atomic E-state index is 10.9. The van der Waals surface area contributed by atoms with Gasteiger partial charge in [-0.25, -0.2) is 9.78 Å². The topological polar surface area (TPSA) is 55.1 Å². The van der Waals surface area contributed by atoms with Crippen LogP contribution >= 0.6 is 0 Å². The van der Waals surface area contributed by atoms with Gasteiger partial charge in [-0.3, -0.25) is 0 Å². The van der Waals surface area contributed by atoms with Gasteiger partial charge in [-0.1, -0.05) is 13.8 Å². The van der Waals surface area contributed by atoms with E-state index in [0.717, 1.165) is 17.6 Å². The Balaban J connectivity index is 1.93. The average Bonchev–Trinajstić information content (AvgIpc) is 2.72. The van der Waals surface area contributed by atoms with E-state index >= 15 is 0 Å². The number of fused-ring (bicyclic) bond motifs is 1. The van der Waals surface area contributed by atoms with Crippen molar-refractivity contribution < 1.29 is 9.90 Å². The summed E-state index contributed by atoms with van der Waals surface area (Å²) in [7, 11) is 0. The summed E-state index contributed by atoms with van der Waals surface area (Å²) < 4.78 is 2.13. The SMILES string of the molecule is CC1(C)CC1Cn1cnc2cc(C(=O)O)ccc21. The second-order valence-electron chi connectivity index (χ2n) is 5.80. The van der Waals surface area contributed by atoms with Crippen molar-refractivity contribution in [2.24, 2.45) is 11.3 Å². The predicted molar refractivity (Wildman–Crippen MR) is 68.6 cm³/mol. The summed E-state index contributed by atoms with van der Waals surface area (Å²) in [5, 5.41) is 8.94. The zero-order valence-corrected chi connectivity index (χ0v) is 10.6. The Labute approximate surface area is 105 Å². The van der Waals surface area contributed by atoms with Crippen molar-refractivity contribution in [3.63, 3.8) is 0 Å². The molecule has 1 aromatic heterocycles. The number of carboxylic acids is 1. The molecule has 0 amide bonds. The molecule has 1 fully saturated rings. The van der Waals surface area contributed by atoms with Crippen LogP contribution in [0.3, 0.4) is 0 Å². The molecule has 2 aromatic rings. The third-order valence-corrected chi connectivity index (χ3v) is 4.00. The lowest BCUT2D eigenvalue weighted by Gasteiger charge is -2.06. The van der Waals surface area contributed by atoms with Gasteiger partial charge in [0.05, 0.1) is 22.9 Å². The van der Waals surface area contributed by atoms with Crippen LogP contribution in [0, 0.1) is 11.3 Å². The van der Waals surface area contributed by atoms with E-state index in [4.69, 9.17) is 5.11 Å². The Hall–Kier alpha value is -1.84. The minimum Gasteiger partial charge on any atom is -0.478 e. The number of hydrogen-bond donors (Lipinski definition) is 1. The fraction of sp³-hybridized carbons (Fsp3) is 0.429. The van der Waals surface area contributed by atoms with Crippen LogP contribution in [-0.2, 0) is 6.54 Å². The van der Waals surface area contributed by atoms with Gasteiger partial charge in [-0.15, -0.1) is 0 Å². The molecule has 0 aliphatic heterocycles. The quantitative estimate of drug-likeness (QED) is 0.903. The third kappa shape index (κ3) is 1.78. The number of benzene rings is 1. The summed E-state index contributed by atoms with van der Waals surface area (Å²) in [5.74, 6) is -0.205. The van der Waals surface area contributed by atoms with E-state index in [9.17, 15) is 4.79 Å². The van der Waals surface area contributed by atoms with Crippen molar-refractivity contribution >= 4 is 17.0 Å². The smallest absolute Gasteiger partial charge is 0.335 e. The Kier molecular flexibility index (Phi) is 2.24. The number of rotatable bonds is 3. The monoisotopic (exact) mass is 244 g/mol. The fourth-order valence-electron chi connectivity index (χ4n) is 2.47. The number of aromatic nitrogens is 2. The van der Waals surface area contributed by atoms with Crippen molar-refractivity contribution in [2.75, 3.05) is 0 Å². The molecular formula is C14H16N2O2. The van der Waals surface area contributed by atoms with Crippen LogP contribution in [-0.4, -0.2) is 20.6 Å². The number of hydrogen-bond acceptors (Lipinski definition) is 2. The first-order valence-electron chi connectivity index (χ1n) is 6.15. The van der Waals surface area contributed by atoms with E-state index in [2.05, 4.69) is 23.4 Å². The highest BCUT2D eigenvalue weighted by Gasteiger charge is 2.45. The largest absolute Gasteiger partial charge is 0.478 e. The van der Waals surface area contributed by atoms with Crippen molar-refractivity contribution in [3.8, 4) is 0 Å². The van der Waals surface area contributed by atoms with Gasteiger partial charge in [0.25, 0.3) is 0 Å². The molecule has 0 spiro atoms. The zero-order chi connectivity index (χ0) is 12.9. The van der Waals surface area contributed by atoms with Crippen LogP contribution in [0.4, 0.5) is 0 Å². The van der Waals surface area contributed by atoms with Crippen LogP contribution in [0.15, 0.2) is 24.5 Å². The van der Waals surface area contributed by atoms with Gasteiger partial charge in [-0.2, -0.15) is 0 Å². The first-order valence-corrected chi connectivity index (χ1v) is 6.15. The lowest BCUT2D eigenvalue weighted by atomic mass is 10.1. The average molecular weight is 244 g/mol. The minimum atomic E-state index is -0.908. The lowest BCUT2D eigenvalue weighted by molar-refractivity contribution is 0.0697.